The van der Waals surface area contributed by atoms with Crippen LogP contribution in [0.3, 0.4) is 0 Å². The van der Waals surface area contributed by atoms with Gasteiger partial charge in [0.05, 0.1) is 0 Å². The van der Waals surface area contributed by atoms with Gasteiger partial charge in [-0.3, -0.25) is 9.59 Å². The molecule has 5 nitrogen and oxygen atoms in total. The summed E-state index contributed by atoms with van der Waals surface area (Å²) >= 11 is 0. The first-order valence-electron chi connectivity index (χ1n) is 15.0. The maximum Gasteiger partial charge on any atom is 0.245 e. The van der Waals surface area contributed by atoms with Gasteiger partial charge in [-0.2, -0.15) is 0 Å². The van der Waals surface area contributed by atoms with E-state index in [1.165, 1.54) is 52.0 Å². The van der Waals surface area contributed by atoms with Crippen LogP contribution in [0.2, 0.25) is 0 Å². The fourth-order valence-corrected chi connectivity index (χ4v) is 10.1. The second-order valence-electron chi connectivity index (χ2n) is 13.8. The second-order valence-corrected chi connectivity index (χ2v) is 13.8. The molecular formula is C31H51N3O2. The lowest BCUT2D eigenvalue weighted by atomic mass is 9.47. The Morgan fingerprint density at radius 1 is 1.17 bits per heavy atom. The van der Waals surface area contributed by atoms with Crippen LogP contribution < -0.4 is 5.32 Å². The molecule has 1 spiro atoms. The van der Waals surface area contributed by atoms with Crippen molar-refractivity contribution in [2.45, 2.75) is 111 Å². The summed E-state index contributed by atoms with van der Waals surface area (Å²) in [6.45, 7) is 12.0. The first-order valence-corrected chi connectivity index (χ1v) is 15.0. The summed E-state index contributed by atoms with van der Waals surface area (Å²) in [6.07, 6.45) is 13.7. The van der Waals surface area contributed by atoms with Crippen molar-refractivity contribution in [3.63, 3.8) is 0 Å². The van der Waals surface area contributed by atoms with Crippen molar-refractivity contribution in [2.75, 3.05) is 20.6 Å². The summed E-state index contributed by atoms with van der Waals surface area (Å²) in [5.74, 6) is 3.56. The molecule has 5 heteroatoms. The maximum absolute atomic E-state index is 13.5. The zero-order valence-corrected chi connectivity index (χ0v) is 24.0. The van der Waals surface area contributed by atoms with E-state index in [1.54, 1.807) is 5.57 Å². The van der Waals surface area contributed by atoms with Gasteiger partial charge < -0.3 is 15.1 Å². The number of amides is 2. The molecule has 0 aromatic heterocycles. The average Bonchev–Trinajstić information content (AvgIpc) is 3.34. The quantitative estimate of drug-likeness (QED) is 0.527. The van der Waals surface area contributed by atoms with Crippen molar-refractivity contribution in [1.29, 1.82) is 0 Å². The highest BCUT2D eigenvalue weighted by atomic mass is 16.2. The summed E-state index contributed by atoms with van der Waals surface area (Å²) in [4.78, 5) is 30.0. The molecule has 202 valence electrons. The van der Waals surface area contributed by atoms with E-state index < -0.39 is 6.04 Å². The predicted molar refractivity (Wildman–Crippen MR) is 145 cm³/mol. The fourth-order valence-electron chi connectivity index (χ4n) is 10.1. The standard InChI is InChI=1S/C31H51N3O2/c1-8-19(2)28(32-21(4)35)29(36)34(7)23-13-15-30(5)22(17-23)9-10-24-26(30)14-16-31-18-33(6)20(3)25(31)11-12-27(24)31/h9,19-20,23-28H,8,10-18H2,1-7H3,(H,32,35)/t19-,20+,23+,24-,25-,26+,27+,28-,30+,31+/m1/s1. The van der Waals surface area contributed by atoms with Crippen LogP contribution in [-0.4, -0.2) is 60.4 Å². The normalized spacial score (nSPS) is 43.4. The van der Waals surface area contributed by atoms with Gasteiger partial charge in [-0.1, -0.05) is 38.8 Å². The van der Waals surface area contributed by atoms with Crippen LogP contribution in [0, 0.1) is 40.4 Å². The highest BCUT2D eigenvalue weighted by Gasteiger charge is 2.64. The number of rotatable bonds is 5. The van der Waals surface area contributed by atoms with E-state index >= 15 is 0 Å². The largest absolute Gasteiger partial charge is 0.344 e. The molecule has 1 saturated heterocycles. The van der Waals surface area contributed by atoms with Crippen molar-refractivity contribution in [3.05, 3.63) is 11.6 Å². The van der Waals surface area contributed by atoms with Gasteiger partial charge in [-0.15, -0.1) is 0 Å². The Morgan fingerprint density at radius 3 is 2.58 bits per heavy atom. The van der Waals surface area contributed by atoms with Crippen molar-refractivity contribution in [1.82, 2.24) is 15.1 Å². The number of nitrogens with zero attached hydrogens (tertiary/aromatic N) is 2. The summed E-state index contributed by atoms with van der Waals surface area (Å²) in [5.41, 5.74) is 2.50. The number of allylic oxidation sites excluding steroid dienone is 1. The van der Waals surface area contributed by atoms with Gasteiger partial charge in [0, 0.05) is 32.6 Å². The summed E-state index contributed by atoms with van der Waals surface area (Å²) in [5, 5.41) is 2.95. The van der Waals surface area contributed by atoms with E-state index in [0.29, 0.717) is 10.8 Å². The van der Waals surface area contributed by atoms with Crippen LogP contribution in [0.5, 0.6) is 0 Å². The van der Waals surface area contributed by atoms with Crippen LogP contribution in [0.4, 0.5) is 0 Å². The number of likely N-dealkylation sites (tertiary alicyclic amines) is 1. The lowest BCUT2D eigenvalue weighted by Crippen LogP contribution is -2.55. The molecule has 36 heavy (non-hydrogen) atoms. The zero-order valence-electron chi connectivity index (χ0n) is 24.0. The molecule has 1 heterocycles. The van der Waals surface area contributed by atoms with Gasteiger partial charge in [-0.25, -0.2) is 0 Å². The van der Waals surface area contributed by atoms with Crippen molar-refractivity contribution in [2.24, 2.45) is 40.4 Å². The Labute approximate surface area is 219 Å². The smallest absolute Gasteiger partial charge is 0.245 e. The van der Waals surface area contributed by atoms with E-state index in [1.807, 2.05) is 11.9 Å². The lowest BCUT2D eigenvalue weighted by Gasteiger charge is -2.58. The molecule has 0 bridgehead atoms. The molecule has 0 aromatic carbocycles. The van der Waals surface area contributed by atoms with Crippen LogP contribution in [0.25, 0.3) is 0 Å². The monoisotopic (exact) mass is 497 g/mol. The van der Waals surface area contributed by atoms with Gasteiger partial charge >= 0.3 is 0 Å². The third-order valence-electron chi connectivity index (χ3n) is 12.4. The van der Waals surface area contributed by atoms with Gasteiger partial charge in [0.1, 0.15) is 6.04 Å². The summed E-state index contributed by atoms with van der Waals surface area (Å²) in [6, 6.07) is 0.563. The zero-order chi connectivity index (χ0) is 26.0. The first kappa shape index (κ1) is 26.3. The molecule has 1 N–H and O–H groups in total. The number of hydrogen-bond acceptors (Lipinski definition) is 3. The minimum absolute atomic E-state index is 0.0820. The maximum atomic E-state index is 13.5. The molecule has 1 aliphatic heterocycles. The molecule has 5 aliphatic rings. The molecule has 0 unspecified atom stereocenters. The molecule has 2 amide bonds. The van der Waals surface area contributed by atoms with Crippen molar-refractivity contribution < 1.29 is 9.59 Å². The highest BCUT2D eigenvalue weighted by Crippen LogP contribution is 2.68. The third-order valence-corrected chi connectivity index (χ3v) is 12.4. The van der Waals surface area contributed by atoms with E-state index in [0.717, 1.165) is 49.0 Å². The molecule has 0 radical (unpaired) electrons. The molecule has 4 fully saturated rings. The SMILES string of the molecule is CC[C@@H](C)[C@@H](NC(C)=O)C(=O)N(C)[C@H]1CC[C@@]2(C)C(=CC[C@H]3[C@@H]4CC[C@@H]5[C@H](C)N(C)C[C@@]54CC[C@@H]32)C1. The molecule has 3 saturated carbocycles. The van der Waals surface area contributed by atoms with E-state index in [9.17, 15) is 9.59 Å². The van der Waals surface area contributed by atoms with E-state index in [-0.39, 0.29) is 23.8 Å². The van der Waals surface area contributed by atoms with Crippen LogP contribution in [0.15, 0.2) is 11.6 Å². The minimum atomic E-state index is -0.424. The summed E-state index contributed by atoms with van der Waals surface area (Å²) < 4.78 is 0. The van der Waals surface area contributed by atoms with Crippen LogP contribution >= 0.6 is 0 Å². The Kier molecular flexibility index (Phi) is 6.88. The van der Waals surface area contributed by atoms with Gasteiger partial charge in [0.2, 0.25) is 11.8 Å². The molecule has 10 atom stereocenters. The Bertz CT molecular complexity index is 915. The Morgan fingerprint density at radius 2 is 1.89 bits per heavy atom. The predicted octanol–water partition coefficient (Wildman–Crippen LogP) is 5.26. The van der Waals surface area contributed by atoms with Gasteiger partial charge in [0.25, 0.3) is 0 Å². The van der Waals surface area contributed by atoms with Gasteiger partial charge in [-0.05, 0) is 106 Å². The topological polar surface area (TPSA) is 52.7 Å². The number of fused-ring (bicyclic) bond motifs is 4. The second kappa shape index (κ2) is 9.43. The molecule has 0 aromatic rings. The van der Waals surface area contributed by atoms with E-state index in [4.69, 9.17) is 0 Å². The minimum Gasteiger partial charge on any atom is -0.344 e. The first-order chi connectivity index (χ1) is 17.0. The number of carbonyl (C=O) groups is 2. The number of nitrogens with one attached hydrogen (secondary N) is 1. The van der Waals surface area contributed by atoms with E-state index in [2.05, 4.69) is 51.0 Å². The lowest BCUT2D eigenvalue weighted by molar-refractivity contribution is -0.139. The van der Waals surface area contributed by atoms with Crippen molar-refractivity contribution in [3.8, 4) is 0 Å². The number of hydrogen-bond donors (Lipinski definition) is 1. The highest BCUT2D eigenvalue weighted by molar-refractivity contribution is 5.87. The van der Waals surface area contributed by atoms with Crippen molar-refractivity contribution >= 4 is 11.8 Å². The average molecular weight is 498 g/mol. The van der Waals surface area contributed by atoms with Gasteiger partial charge in [0.15, 0.2) is 0 Å². The molecular weight excluding hydrogens is 446 g/mol. The number of carbonyl (C=O) groups excluding carboxylic acids is 2. The third kappa shape index (κ3) is 3.89. The Balaban J connectivity index is 1.32. The Hall–Kier alpha value is -1.36. The van der Waals surface area contributed by atoms with Crippen LogP contribution in [0.1, 0.15) is 92.4 Å². The fraction of sp³-hybridized carbons (Fsp3) is 0.871. The number of likely N-dealkylation sites (N-methyl/N-ethyl adjacent to an activating group) is 1. The molecule has 4 aliphatic carbocycles. The summed E-state index contributed by atoms with van der Waals surface area (Å²) in [7, 11) is 4.33. The van der Waals surface area contributed by atoms with Crippen LogP contribution in [-0.2, 0) is 9.59 Å². The molecule has 5 rings (SSSR count).